The number of hydrogen-bond donors (Lipinski definition) is 2. The quantitative estimate of drug-likeness (QED) is 0.339. The molecule has 0 aliphatic heterocycles. The summed E-state index contributed by atoms with van der Waals surface area (Å²) < 4.78 is 15.9. The van der Waals surface area contributed by atoms with Crippen LogP contribution in [-0.2, 0) is 34.0 Å². The van der Waals surface area contributed by atoms with Crippen LogP contribution in [0.5, 0.6) is 0 Å². The molecule has 0 aliphatic carbocycles. The van der Waals surface area contributed by atoms with Crippen molar-refractivity contribution in [3.05, 3.63) is 93.8 Å². The van der Waals surface area contributed by atoms with Gasteiger partial charge in [0.25, 0.3) is 5.91 Å². The minimum atomic E-state index is -0.472. The maximum Gasteiger partial charge on any atom is 0.340 e. The van der Waals surface area contributed by atoms with Gasteiger partial charge in [-0.15, -0.1) is 0 Å². The maximum absolute atomic E-state index is 12.8. The molecule has 174 valence electrons. The van der Waals surface area contributed by atoms with Gasteiger partial charge >= 0.3 is 5.97 Å². The van der Waals surface area contributed by atoms with E-state index >= 15 is 0 Å². The molecule has 33 heavy (non-hydrogen) atoms. The number of ether oxygens (including phenoxy) is 3. The normalized spacial score (nSPS) is 10.8. The molecule has 0 unspecified atom stereocenters. The average molecular weight is 451 g/mol. The van der Waals surface area contributed by atoms with Gasteiger partial charge in [0.15, 0.2) is 0 Å². The predicted octanol–water partition coefficient (Wildman–Crippen LogP) is 4.08. The Kier molecular flexibility index (Phi) is 8.80. The van der Waals surface area contributed by atoms with Gasteiger partial charge in [-0.25, -0.2) is 4.79 Å². The number of carbonyl (C=O) groups excluding carboxylic acids is 2. The molecule has 0 saturated carbocycles. The van der Waals surface area contributed by atoms with E-state index in [9.17, 15) is 9.59 Å². The van der Waals surface area contributed by atoms with Crippen LogP contribution in [-0.4, -0.2) is 37.2 Å². The second kappa shape index (κ2) is 12.0. The lowest BCUT2D eigenvalue weighted by atomic mass is 10.1. The van der Waals surface area contributed by atoms with Gasteiger partial charge in [0.2, 0.25) is 0 Å². The number of rotatable bonds is 11. The molecule has 1 heterocycles. The van der Waals surface area contributed by atoms with Crippen molar-refractivity contribution >= 4 is 11.9 Å². The number of benzene rings is 2. The summed E-state index contributed by atoms with van der Waals surface area (Å²) in [5.74, 6) is -0.752. The van der Waals surface area contributed by atoms with Crippen molar-refractivity contribution in [3.8, 4) is 0 Å². The Morgan fingerprint density at radius 3 is 2.36 bits per heavy atom. The fourth-order valence-electron chi connectivity index (χ4n) is 3.53. The van der Waals surface area contributed by atoms with Gasteiger partial charge < -0.3 is 24.5 Å². The molecule has 0 spiro atoms. The van der Waals surface area contributed by atoms with Crippen molar-refractivity contribution < 1.29 is 23.8 Å². The van der Waals surface area contributed by atoms with Crippen LogP contribution in [0.2, 0.25) is 0 Å². The number of aromatic amines is 1. The Hall–Kier alpha value is -3.42. The fraction of sp³-hybridized carbons (Fsp3) is 0.308. The monoisotopic (exact) mass is 450 g/mol. The van der Waals surface area contributed by atoms with Crippen LogP contribution in [0, 0.1) is 13.8 Å². The lowest BCUT2D eigenvalue weighted by Gasteiger charge is -2.09. The third-order valence-corrected chi connectivity index (χ3v) is 5.21. The van der Waals surface area contributed by atoms with E-state index in [0.717, 1.165) is 16.7 Å². The summed E-state index contributed by atoms with van der Waals surface area (Å²) >= 11 is 0. The molecule has 0 fully saturated rings. The first-order valence-corrected chi connectivity index (χ1v) is 10.8. The van der Waals surface area contributed by atoms with Crippen molar-refractivity contribution in [2.75, 3.05) is 20.3 Å². The summed E-state index contributed by atoms with van der Waals surface area (Å²) in [6.45, 7) is 5.34. The molecule has 7 nitrogen and oxygen atoms in total. The number of hydrogen-bond acceptors (Lipinski definition) is 5. The van der Waals surface area contributed by atoms with E-state index in [1.165, 1.54) is 7.11 Å². The number of amides is 1. The van der Waals surface area contributed by atoms with Gasteiger partial charge in [-0.05, 0) is 36.1 Å². The third-order valence-electron chi connectivity index (χ3n) is 5.21. The number of nitrogens with one attached hydrogen (secondary N) is 2. The summed E-state index contributed by atoms with van der Waals surface area (Å²) in [6, 6.07) is 17.9. The molecular formula is C26H30N2O5. The second-order valence-electron chi connectivity index (χ2n) is 7.73. The van der Waals surface area contributed by atoms with Crippen LogP contribution in [0.3, 0.4) is 0 Å². The van der Waals surface area contributed by atoms with E-state index in [4.69, 9.17) is 14.2 Å². The number of H-pyrrole nitrogens is 1. The Bertz CT molecular complexity index is 1080. The zero-order chi connectivity index (χ0) is 23.6. The molecule has 2 N–H and O–H groups in total. The van der Waals surface area contributed by atoms with Crippen molar-refractivity contribution in [1.82, 2.24) is 10.3 Å². The molecule has 0 saturated heterocycles. The van der Waals surface area contributed by atoms with Crippen LogP contribution in [0.25, 0.3) is 0 Å². The van der Waals surface area contributed by atoms with Gasteiger partial charge in [0, 0.05) is 19.3 Å². The highest BCUT2D eigenvalue weighted by Crippen LogP contribution is 2.19. The van der Waals surface area contributed by atoms with Crippen LogP contribution in [0.4, 0.5) is 0 Å². The minimum Gasteiger partial charge on any atom is -0.460 e. The highest BCUT2D eigenvalue weighted by molar-refractivity contribution is 6.00. The first-order valence-electron chi connectivity index (χ1n) is 10.8. The zero-order valence-electron chi connectivity index (χ0n) is 19.3. The highest BCUT2D eigenvalue weighted by atomic mass is 16.6. The third kappa shape index (κ3) is 6.78. The lowest BCUT2D eigenvalue weighted by molar-refractivity contribution is 0.0386. The molecule has 3 rings (SSSR count). The standard InChI is InChI=1S/C26H30N2O5/c1-18-23(26(30)33-13-12-31-3)19(2)28-24(18)25(29)27-15-21-10-7-11-22(14-21)17-32-16-20-8-5-4-6-9-20/h4-11,14,28H,12-13,15-17H2,1-3H3,(H,27,29). The summed E-state index contributed by atoms with van der Waals surface area (Å²) in [5.41, 5.74) is 5.02. The van der Waals surface area contributed by atoms with E-state index < -0.39 is 5.97 Å². The molecule has 0 aliphatic rings. The van der Waals surface area contributed by atoms with Gasteiger partial charge in [0.1, 0.15) is 12.3 Å². The first-order chi connectivity index (χ1) is 16.0. The molecular weight excluding hydrogens is 420 g/mol. The maximum atomic E-state index is 12.8. The van der Waals surface area contributed by atoms with Crippen LogP contribution < -0.4 is 5.32 Å². The molecule has 2 aromatic carbocycles. The van der Waals surface area contributed by atoms with Crippen molar-refractivity contribution in [2.24, 2.45) is 0 Å². The Morgan fingerprint density at radius 1 is 0.909 bits per heavy atom. The van der Waals surface area contributed by atoms with Crippen molar-refractivity contribution in [2.45, 2.75) is 33.6 Å². The van der Waals surface area contributed by atoms with Crippen molar-refractivity contribution in [1.29, 1.82) is 0 Å². The highest BCUT2D eigenvalue weighted by Gasteiger charge is 2.22. The number of methoxy groups -OCH3 is 1. The molecule has 7 heteroatoms. The molecule has 0 atom stereocenters. The van der Waals surface area contributed by atoms with E-state index in [1.807, 2.05) is 54.6 Å². The summed E-state index contributed by atoms with van der Waals surface area (Å²) in [6.07, 6.45) is 0. The van der Waals surface area contributed by atoms with Gasteiger partial charge in [0.05, 0.1) is 25.4 Å². The predicted molar refractivity (Wildman–Crippen MR) is 125 cm³/mol. The molecule has 0 bridgehead atoms. The largest absolute Gasteiger partial charge is 0.460 e. The number of aromatic nitrogens is 1. The SMILES string of the molecule is COCCOC(=O)c1c(C)[nH]c(C(=O)NCc2cccc(COCc3ccccc3)c2)c1C. The Balaban J connectivity index is 1.56. The summed E-state index contributed by atoms with van der Waals surface area (Å²) in [5, 5.41) is 2.91. The fourth-order valence-corrected chi connectivity index (χ4v) is 3.53. The van der Waals surface area contributed by atoms with Gasteiger partial charge in [-0.3, -0.25) is 4.79 Å². The van der Waals surface area contributed by atoms with E-state index in [-0.39, 0.29) is 12.5 Å². The van der Waals surface area contributed by atoms with Crippen LogP contribution in [0.1, 0.15) is 48.8 Å². The van der Waals surface area contributed by atoms with E-state index in [0.29, 0.717) is 48.9 Å². The summed E-state index contributed by atoms with van der Waals surface area (Å²) in [4.78, 5) is 28.1. The van der Waals surface area contributed by atoms with Crippen LogP contribution in [0.15, 0.2) is 54.6 Å². The topological polar surface area (TPSA) is 89.7 Å². The Labute approximate surface area is 194 Å². The van der Waals surface area contributed by atoms with Gasteiger partial charge in [-0.2, -0.15) is 0 Å². The number of esters is 1. The molecule has 1 aromatic heterocycles. The van der Waals surface area contributed by atoms with E-state index in [2.05, 4.69) is 10.3 Å². The molecule has 3 aromatic rings. The van der Waals surface area contributed by atoms with E-state index in [1.54, 1.807) is 13.8 Å². The number of carbonyl (C=O) groups is 2. The number of aryl methyl sites for hydroxylation is 1. The van der Waals surface area contributed by atoms with Gasteiger partial charge in [-0.1, -0.05) is 54.6 Å². The summed E-state index contributed by atoms with van der Waals surface area (Å²) in [7, 11) is 1.54. The first kappa shape index (κ1) is 24.2. The minimum absolute atomic E-state index is 0.159. The average Bonchev–Trinajstić information content (AvgIpc) is 3.12. The smallest absolute Gasteiger partial charge is 0.340 e. The zero-order valence-corrected chi connectivity index (χ0v) is 19.3. The van der Waals surface area contributed by atoms with Crippen LogP contribution >= 0.6 is 0 Å². The second-order valence-corrected chi connectivity index (χ2v) is 7.73. The molecule has 1 amide bonds. The lowest BCUT2D eigenvalue weighted by Crippen LogP contribution is -2.24. The van der Waals surface area contributed by atoms with Crippen molar-refractivity contribution in [3.63, 3.8) is 0 Å². The Morgan fingerprint density at radius 2 is 1.61 bits per heavy atom. The molecule has 0 radical (unpaired) electrons.